The fourth-order valence-electron chi connectivity index (χ4n) is 1.91. The smallest absolute Gasteiger partial charge is 0.240 e. The number of nitrogens with zero attached hydrogens (tertiary/aromatic N) is 3. The van der Waals surface area contributed by atoms with Crippen molar-refractivity contribution < 1.29 is 4.79 Å². The molecule has 0 unspecified atom stereocenters. The summed E-state index contributed by atoms with van der Waals surface area (Å²) in [6, 6.07) is 5.69. The lowest BCUT2D eigenvalue weighted by atomic mass is 10.0. The minimum absolute atomic E-state index is 0.0537. The summed E-state index contributed by atoms with van der Waals surface area (Å²) in [5, 5.41) is 14.1. The first-order valence-electron chi connectivity index (χ1n) is 6.36. The molecule has 0 spiro atoms. The average molecular weight is 261 g/mol. The van der Waals surface area contributed by atoms with Crippen molar-refractivity contribution in [3.05, 3.63) is 30.2 Å². The highest BCUT2D eigenvalue weighted by molar-refractivity contribution is 5.85. The molecule has 102 valence electrons. The summed E-state index contributed by atoms with van der Waals surface area (Å²) in [5.74, 6) is 0.665. The van der Waals surface area contributed by atoms with E-state index in [4.69, 9.17) is 0 Å². The number of nitrogens with one attached hydrogen (secondary N) is 2. The van der Waals surface area contributed by atoms with Gasteiger partial charge in [-0.2, -0.15) is 0 Å². The van der Waals surface area contributed by atoms with E-state index in [0.717, 1.165) is 18.0 Å². The molecule has 0 radical (unpaired) electrons. The van der Waals surface area contributed by atoms with Crippen LogP contribution in [-0.4, -0.2) is 32.6 Å². The van der Waals surface area contributed by atoms with Gasteiger partial charge in [-0.15, -0.1) is 10.2 Å². The van der Waals surface area contributed by atoms with Crippen molar-refractivity contribution in [1.82, 2.24) is 25.2 Å². The number of amides is 1. The molecule has 0 aliphatic carbocycles. The maximum Gasteiger partial charge on any atom is 0.240 e. The lowest BCUT2D eigenvalue weighted by Crippen LogP contribution is -2.52. The SMILES string of the molecule is CCNC(C)(C)C(=O)NCc1nnc2ccccn12. The van der Waals surface area contributed by atoms with Crippen molar-refractivity contribution in [2.45, 2.75) is 32.9 Å². The van der Waals surface area contributed by atoms with E-state index in [1.54, 1.807) is 0 Å². The fraction of sp³-hybridized carbons (Fsp3) is 0.462. The minimum atomic E-state index is -0.588. The summed E-state index contributed by atoms with van der Waals surface area (Å²) in [5.41, 5.74) is 0.188. The van der Waals surface area contributed by atoms with E-state index >= 15 is 0 Å². The van der Waals surface area contributed by atoms with Crippen molar-refractivity contribution in [1.29, 1.82) is 0 Å². The van der Waals surface area contributed by atoms with Crippen LogP contribution in [0.1, 0.15) is 26.6 Å². The molecule has 19 heavy (non-hydrogen) atoms. The molecule has 2 heterocycles. The second-order valence-corrected chi connectivity index (χ2v) is 4.88. The highest BCUT2D eigenvalue weighted by Crippen LogP contribution is 2.05. The van der Waals surface area contributed by atoms with Crippen LogP contribution in [-0.2, 0) is 11.3 Å². The van der Waals surface area contributed by atoms with Crippen molar-refractivity contribution in [2.75, 3.05) is 6.54 Å². The molecule has 0 aromatic carbocycles. The van der Waals surface area contributed by atoms with Crippen LogP contribution in [0.2, 0.25) is 0 Å². The number of hydrogen-bond acceptors (Lipinski definition) is 4. The third-order valence-corrected chi connectivity index (χ3v) is 2.98. The largest absolute Gasteiger partial charge is 0.347 e. The van der Waals surface area contributed by atoms with Gasteiger partial charge in [0.1, 0.15) is 0 Å². The number of carbonyl (C=O) groups excluding carboxylic acids is 1. The number of aromatic nitrogens is 3. The monoisotopic (exact) mass is 261 g/mol. The molecule has 0 saturated carbocycles. The van der Waals surface area contributed by atoms with Gasteiger partial charge in [-0.3, -0.25) is 9.20 Å². The van der Waals surface area contributed by atoms with Gasteiger partial charge in [0.05, 0.1) is 12.1 Å². The Kier molecular flexibility index (Phi) is 3.80. The van der Waals surface area contributed by atoms with E-state index in [2.05, 4.69) is 20.8 Å². The molecular weight excluding hydrogens is 242 g/mol. The molecule has 6 nitrogen and oxygen atoms in total. The zero-order chi connectivity index (χ0) is 13.9. The zero-order valence-corrected chi connectivity index (χ0v) is 11.5. The van der Waals surface area contributed by atoms with Gasteiger partial charge < -0.3 is 10.6 Å². The predicted molar refractivity (Wildman–Crippen MR) is 72.6 cm³/mol. The summed E-state index contributed by atoms with van der Waals surface area (Å²) < 4.78 is 1.86. The summed E-state index contributed by atoms with van der Waals surface area (Å²) in [6.07, 6.45) is 1.88. The van der Waals surface area contributed by atoms with E-state index in [0.29, 0.717) is 6.54 Å². The molecule has 0 saturated heterocycles. The number of fused-ring (bicyclic) bond motifs is 1. The maximum atomic E-state index is 12.1. The summed E-state index contributed by atoms with van der Waals surface area (Å²) >= 11 is 0. The standard InChI is InChI=1S/C13H19N5O/c1-4-15-13(2,3)12(19)14-9-11-17-16-10-7-5-6-8-18(10)11/h5-8,15H,4,9H2,1-3H3,(H,14,19). The third-order valence-electron chi connectivity index (χ3n) is 2.98. The Bertz CT molecular complexity index is 575. The molecule has 0 atom stereocenters. The number of likely N-dealkylation sites (N-methyl/N-ethyl adjacent to an activating group) is 1. The minimum Gasteiger partial charge on any atom is -0.347 e. The van der Waals surface area contributed by atoms with Gasteiger partial charge in [0.2, 0.25) is 5.91 Å². The van der Waals surface area contributed by atoms with Gasteiger partial charge in [0.25, 0.3) is 0 Å². The number of pyridine rings is 1. The van der Waals surface area contributed by atoms with E-state index in [9.17, 15) is 4.79 Å². The van der Waals surface area contributed by atoms with Gasteiger partial charge in [0.15, 0.2) is 11.5 Å². The Hall–Kier alpha value is -1.95. The summed E-state index contributed by atoms with van der Waals surface area (Å²) in [6.45, 7) is 6.79. The van der Waals surface area contributed by atoms with Crippen LogP contribution >= 0.6 is 0 Å². The average Bonchev–Trinajstić information content (AvgIpc) is 2.79. The molecule has 6 heteroatoms. The molecule has 1 amide bonds. The highest BCUT2D eigenvalue weighted by atomic mass is 16.2. The third kappa shape index (κ3) is 2.90. The molecule has 0 aliphatic heterocycles. The Morgan fingerprint density at radius 1 is 1.37 bits per heavy atom. The molecule has 0 fully saturated rings. The Labute approximate surface area is 112 Å². The van der Waals surface area contributed by atoms with E-state index in [1.807, 2.05) is 49.6 Å². The van der Waals surface area contributed by atoms with E-state index < -0.39 is 5.54 Å². The second kappa shape index (κ2) is 5.36. The molecule has 0 bridgehead atoms. The highest BCUT2D eigenvalue weighted by Gasteiger charge is 2.25. The van der Waals surface area contributed by atoms with E-state index in [1.165, 1.54) is 0 Å². The lowest BCUT2D eigenvalue weighted by molar-refractivity contribution is -0.126. The second-order valence-electron chi connectivity index (χ2n) is 4.88. The van der Waals surface area contributed by atoms with Gasteiger partial charge in [-0.25, -0.2) is 0 Å². The normalized spacial score (nSPS) is 11.7. The fourth-order valence-corrected chi connectivity index (χ4v) is 1.91. The van der Waals surface area contributed by atoms with Crippen LogP contribution in [0, 0.1) is 0 Å². The molecule has 2 aromatic rings. The Balaban J connectivity index is 2.05. The first-order chi connectivity index (χ1) is 9.04. The van der Waals surface area contributed by atoms with Gasteiger partial charge in [-0.05, 0) is 32.5 Å². The van der Waals surface area contributed by atoms with Crippen molar-refractivity contribution in [3.63, 3.8) is 0 Å². The lowest BCUT2D eigenvalue weighted by Gasteiger charge is -2.24. The summed E-state index contributed by atoms with van der Waals surface area (Å²) in [7, 11) is 0. The first kappa shape index (κ1) is 13.5. The van der Waals surface area contributed by atoms with Crippen LogP contribution in [0.15, 0.2) is 24.4 Å². The predicted octanol–water partition coefficient (Wildman–Crippen LogP) is 0.734. The number of carbonyl (C=O) groups is 1. The quantitative estimate of drug-likeness (QED) is 0.832. The van der Waals surface area contributed by atoms with Gasteiger partial charge in [-0.1, -0.05) is 13.0 Å². The summed E-state index contributed by atoms with van der Waals surface area (Å²) in [4.78, 5) is 12.1. The van der Waals surface area contributed by atoms with Crippen LogP contribution in [0.4, 0.5) is 0 Å². The van der Waals surface area contributed by atoms with Crippen molar-refractivity contribution in [2.24, 2.45) is 0 Å². The molecule has 2 aromatic heterocycles. The first-order valence-corrected chi connectivity index (χ1v) is 6.36. The van der Waals surface area contributed by atoms with Crippen LogP contribution in [0.3, 0.4) is 0 Å². The topological polar surface area (TPSA) is 71.3 Å². The number of rotatable bonds is 5. The molecule has 0 aliphatic rings. The molecule has 2 N–H and O–H groups in total. The van der Waals surface area contributed by atoms with Crippen LogP contribution < -0.4 is 10.6 Å². The molecular formula is C13H19N5O. The van der Waals surface area contributed by atoms with Crippen LogP contribution in [0.5, 0.6) is 0 Å². The zero-order valence-electron chi connectivity index (χ0n) is 11.5. The molecule has 2 rings (SSSR count). The van der Waals surface area contributed by atoms with Gasteiger partial charge >= 0.3 is 0 Å². The number of hydrogen-bond donors (Lipinski definition) is 2. The Morgan fingerprint density at radius 2 is 2.16 bits per heavy atom. The van der Waals surface area contributed by atoms with Crippen molar-refractivity contribution >= 4 is 11.6 Å². The maximum absolute atomic E-state index is 12.1. The van der Waals surface area contributed by atoms with Crippen molar-refractivity contribution in [3.8, 4) is 0 Å². The van der Waals surface area contributed by atoms with Crippen LogP contribution in [0.25, 0.3) is 5.65 Å². The van der Waals surface area contributed by atoms with E-state index in [-0.39, 0.29) is 5.91 Å². The Morgan fingerprint density at radius 3 is 2.89 bits per heavy atom. The van der Waals surface area contributed by atoms with Gasteiger partial charge in [0, 0.05) is 6.20 Å².